The molecule has 0 spiro atoms. The van der Waals surface area contributed by atoms with E-state index in [2.05, 4.69) is 19.2 Å². The van der Waals surface area contributed by atoms with Crippen LogP contribution in [0.1, 0.15) is 33.6 Å². The first-order chi connectivity index (χ1) is 7.30. The zero-order chi connectivity index (χ0) is 12.1. The summed E-state index contributed by atoms with van der Waals surface area (Å²) in [7, 11) is 0. The number of nitrogens with two attached hydrogens (primary N) is 1. The van der Waals surface area contributed by atoms with Crippen molar-refractivity contribution in [1.29, 1.82) is 0 Å². The van der Waals surface area contributed by atoms with Gasteiger partial charge in [-0.2, -0.15) is 0 Å². The maximum absolute atomic E-state index is 12.3. The average Bonchev–Trinajstić information content (AvgIpc) is 2.47. The summed E-state index contributed by atoms with van der Waals surface area (Å²) in [5.74, 6) is 0.416. The molecule has 2 rings (SSSR count). The minimum Gasteiger partial charge on any atom is -0.351 e. The third-order valence-corrected chi connectivity index (χ3v) is 4.73. The number of hydrogen-bond acceptors (Lipinski definition) is 2. The van der Waals surface area contributed by atoms with Gasteiger partial charge in [-0.25, -0.2) is 4.79 Å². The molecule has 0 saturated heterocycles. The van der Waals surface area contributed by atoms with Crippen LogP contribution >= 0.6 is 0 Å². The fourth-order valence-electron chi connectivity index (χ4n) is 3.24. The predicted molar refractivity (Wildman–Crippen MR) is 60.4 cm³/mol. The van der Waals surface area contributed by atoms with Gasteiger partial charge in [-0.1, -0.05) is 20.8 Å². The van der Waals surface area contributed by atoms with Crippen LogP contribution in [0, 0.1) is 16.7 Å². The number of Topliss-reactive ketones (excluding diaryl/α,β-unsaturated/α-hetero) is 1. The second kappa shape index (κ2) is 3.09. The normalized spacial score (nSPS) is 38.1. The minimum absolute atomic E-state index is 0.0186. The number of nitrogens with one attached hydrogen (secondary N) is 1. The third-order valence-electron chi connectivity index (χ3n) is 4.73. The van der Waals surface area contributed by atoms with Gasteiger partial charge in [0.1, 0.15) is 0 Å². The van der Waals surface area contributed by atoms with Crippen LogP contribution in [0.4, 0.5) is 4.79 Å². The Kier molecular flexibility index (Phi) is 2.16. The van der Waals surface area contributed by atoms with E-state index in [4.69, 9.17) is 5.73 Å². The highest BCUT2D eigenvalue weighted by atomic mass is 16.2. The molecule has 0 heterocycles. The molecule has 2 bridgehead atoms. The molecule has 0 aromatic heterocycles. The number of rotatable bonds is 1. The standard InChI is InChI=1S/C12H18N2O2/c1-11(2)8-4-5-12(11,3)9(15)7(8)6-14-10(13)16/h6,8H,4-5H2,1-3H3,(H3,13,14,16)/b7-6-/t8-,12+/m0/s1. The Bertz CT molecular complexity index is 398. The van der Waals surface area contributed by atoms with E-state index in [0.29, 0.717) is 0 Å². The maximum atomic E-state index is 12.3. The molecule has 2 aliphatic carbocycles. The largest absolute Gasteiger partial charge is 0.351 e. The summed E-state index contributed by atoms with van der Waals surface area (Å²) < 4.78 is 0. The molecular formula is C12H18N2O2. The Labute approximate surface area is 95.3 Å². The SMILES string of the molecule is CC1(C)[C@H]2CC[C@]1(C)C(=O)/C2=C\NC(N)=O. The second-order valence-corrected chi connectivity index (χ2v) is 5.58. The smallest absolute Gasteiger partial charge is 0.316 e. The molecule has 2 saturated carbocycles. The average molecular weight is 222 g/mol. The molecule has 0 unspecified atom stereocenters. The van der Waals surface area contributed by atoms with Gasteiger partial charge in [-0.05, 0) is 24.2 Å². The first-order valence-electron chi connectivity index (χ1n) is 5.61. The van der Waals surface area contributed by atoms with Crippen molar-refractivity contribution < 1.29 is 9.59 Å². The van der Waals surface area contributed by atoms with Crippen LogP contribution in [0.3, 0.4) is 0 Å². The van der Waals surface area contributed by atoms with E-state index < -0.39 is 6.03 Å². The van der Waals surface area contributed by atoms with E-state index >= 15 is 0 Å². The highest BCUT2D eigenvalue weighted by Gasteiger charge is 2.63. The van der Waals surface area contributed by atoms with Crippen LogP contribution in [0.25, 0.3) is 0 Å². The second-order valence-electron chi connectivity index (χ2n) is 5.58. The van der Waals surface area contributed by atoms with E-state index in [1.54, 1.807) is 0 Å². The Morgan fingerprint density at radius 2 is 2.12 bits per heavy atom. The summed E-state index contributed by atoms with van der Waals surface area (Å²) >= 11 is 0. The number of primary amides is 1. The molecule has 2 atom stereocenters. The number of allylic oxidation sites excluding steroid dienone is 1. The first-order valence-corrected chi connectivity index (χ1v) is 5.61. The van der Waals surface area contributed by atoms with Crippen LogP contribution in [-0.2, 0) is 4.79 Å². The summed E-state index contributed by atoms with van der Waals surface area (Å²) in [5, 5.41) is 2.41. The van der Waals surface area contributed by atoms with Gasteiger partial charge in [0, 0.05) is 17.2 Å². The van der Waals surface area contributed by atoms with Gasteiger partial charge in [-0.15, -0.1) is 0 Å². The number of fused-ring (bicyclic) bond motifs is 2. The van der Waals surface area contributed by atoms with E-state index in [1.807, 2.05) is 6.92 Å². The van der Waals surface area contributed by atoms with E-state index in [1.165, 1.54) is 6.20 Å². The molecule has 16 heavy (non-hydrogen) atoms. The first kappa shape index (κ1) is 11.2. The van der Waals surface area contributed by atoms with Crippen LogP contribution in [0.15, 0.2) is 11.8 Å². The number of carbonyl (C=O) groups is 2. The van der Waals surface area contributed by atoms with E-state index in [0.717, 1.165) is 18.4 Å². The van der Waals surface area contributed by atoms with Gasteiger partial charge in [0.2, 0.25) is 0 Å². The number of hydrogen-bond donors (Lipinski definition) is 2. The maximum Gasteiger partial charge on any atom is 0.316 e. The summed E-state index contributed by atoms with van der Waals surface area (Å²) in [6.45, 7) is 6.29. The van der Waals surface area contributed by atoms with Gasteiger partial charge in [0.25, 0.3) is 0 Å². The molecule has 0 aromatic rings. The number of amides is 2. The lowest BCUT2D eigenvalue weighted by molar-refractivity contribution is -0.125. The molecule has 88 valence electrons. The van der Waals surface area contributed by atoms with Crippen molar-refractivity contribution in [2.24, 2.45) is 22.5 Å². The van der Waals surface area contributed by atoms with Crippen LogP contribution in [-0.4, -0.2) is 11.8 Å². The lowest BCUT2D eigenvalue weighted by Gasteiger charge is -2.31. The molecule has 0 aromatic carbocycles. The summed E-state index contributed by atoms with van der Waals surface area (Å²) in [6.07, 6.45) is 3.46. The fourth-order valence-corrected chi connectivity index (χ4v) is 3.24. The monoisotopic (exact) mass is 222 g/mol. The van der Waals surface area contributed by atoms with E-state index in [-0.39, 0.29) is 22.5 Å². The van der Waals surface area contributed by atoms with Crippen molar-refractivity contribution in [3.05, 3.63) is 11.8 Å². The quantitative estimate of drug-likeness (QED) is 0.661. The number of ketones is 1. The Hall–Kier alpha value is -1.32. The lowest BCUT2D eigenvalue weighted by atomic mass is 9.70. The third kappa shape index (κ3) is 1.16. The van der Waals surface area contributed by atoms with Gasteiger partial charge in [-0.3, -0.25) is 4.79 Å². The molecule has 2 aliphatic rings. The molecule has 3 N–H and O–H groups in total. The van der Waals surface area contributed by atoms with E-state index in [9.17, 15) is 9.59 Å². The van der Waals surface area contributed by atoms with Crippen molar-refractivity contribution in [1.82, 2.24) is 5.32 Å². The summed E-state index contributed by atoms with van der Waals surface area (Å²) in [5.41, 5.74) is 5.45. The fraction of sp³-hybridized carbons (Fsp3) is 0.667. The van der Waals surface area contributed by atoms with Crippen molar-refractivity contribution in [3.8, 4) is 0 Å². The Morgan fingerprint density at radius 1 is 1.50 bits per heavy atom. The lowest BCUT2D eigenvalue weighted by Crippen LogP contribution is -2.32. The van der Waals surface area contributed by atoms with Crippen LogP contribution < -0.4 is 11.1 Å². The predicted octanol–water partition coefficient (Wildman–Crippen LogP) is 1.56. The highest BCUT2D eigenvalue weighted by molar-refractivity contribution is 6.04. The van der Waals surface area contributed by atoms with Gasteiger partial charge in [0.15, 0.2) is 5.78 Å². The summed E-state index contributed by atoms with van der Waals surface area (Å²) in [4.78, 5) is 22.9. The van der Waals surface area contributed by atoms with Crippen molar-refractivity contribution in [2.45, 2.75) is 33.6 Å². The number of carbonyl (C=O) groups excluding carboxylic acids is 2. The van der Waals surface area contributed by atoms with Gasteiger partial charge >= 0.3 is 6.03 Å². The van der Waals surface area contributed by atoms with Crippen LogP contribution in [0.2, 0.25) is 0 Å². The molecule has 0 aliphatic heterocycles. The topological polar surface area (TPSA) is 72.2 Å². The van der Waals surface area contributed by atoms with Crippen molar-refractivity contribution >= 4 is 11.8 Å². The van der Waals surface area contributed by atoms with Gasteiger partial charge < -0.3 is 11.1 Å². The Balaban J connectivity index is 2.37. The van der Waals surface area contributed by atoms with Crippen molar-refractivity contribution in [3.63, 3.8) is 0 Å². The highest BCUT2D eigenvalue weighted by Crippen LogP contribution is 2.65. The zero-order valence-electron chi connectivity index (χ0n) is 9.96. The Morgan fingerprint density at radius 3 is 2.56 bits per heavy atom. The molecule has 2 fully saturated rings. The molecule has 2 amide bonds. The molecule has 0 radical (unpaired) electrons. The summed E-state index contributed by atoms with van der Waals surface area (Å²) in [6, 6.07) is -0.619. The zero-order valence-corrected chi connectivity index (χ0v) is 9.96. The van der Waals surface area contributed by atoms with Gasteiger partial charge in [0.05, 0.1) is 0 Å². The number of urea groups is 1. The molecule has 4 nitrogen and oxygen atoms in total. The molecular weight excluding hydrogens is 204 g/mol. The van der Waals surface area contributed by atoms with Crippen molar-refractivity contribution in [2.75, 3.05) is 0 Å². The van der Waals surface area contributed by atoms with Crippen LogP contribution in [0.5, 0.6) is 0 Å². The minimum atomic E-state index is -0.619. The molecule has 4 heteroatoms.